The van der Waals surface area contributed by atoms with Crippen LogP contribution in [0.25, 0.3) is 0 Å². The van der Waals surface area contributed by atoms with E-state index in [2.05, 4.69) is 5.92 Å². The predicted molar refractivity (Wildman–Crippen MR) is 57.8 cm³/mol. The third-order valence-corrected chi connectivity index (χ3v) is 2.67. The molecule has 0 radical (unpaired) electrons. The molecule has 0 aromatic rings. The zero-order valence-corrected chi connectivity index (χ0v) is 9.76. The normalized spacial score (nSPS) is 21.4. The van der Waals surface area contributed by atoms with Gasteiger partial charge in [0.1, 0.15) is 5.54 Å². The van der Waals surface area contributed by atoms with Crippen molar-refractivity contribution in [1.29, 1.82) is 0 Å². The van der Waals surface area contributed by atoms with Gasteiger partial charge in [0, 0.05) is 12.8 Å². The predicted octanol–water partition coefficient (Wildman–Crippen LogP) is 1.57. The van der Waals surface area contributed by atoms with E-state index in [1.54, 1.807) is 13.8 Å². The summed E-state index contributed by atoms with van der Waals surface area (Å²) >= 11 is 0. The molecule has 0 bridgehead atoms. The van der Waals surface area contributed by atoms with Crippen LogP contribution in [0, 0.1) is 17.8 Å². The average Bonchev–Trinajstić information content (AvgIpc) is 1.99. The van der Waals surface area contributed by atoms with E-state index < -0.39 is 5.54 Å². The number of hydrogen-bond donors (Lipinski definition) is 0. The number of likely N-dealkylation sites (tertiary alicyclic amines) is 1. The molecule has 0 atom stereocenters. The highest BCUT2D eigenvalue weighted by Gasteiger charge is 2.43. The Morgan fingerprint density at radius 1 is 1.27 bits per heavy atom. The van der Waals surface area contributed by atoms with Crippen LogP contribution in [0.4, 0.5) is 0 Å². The Kier molecular flexibility index (Phi) is 2.65. The van der Waals surface area contributed by atoms with Crippen molar-refractivity contribution in [3.63, 3.8) is 0 Å². The van der Waals surface area contributed by atoms with Crippen molar-refractivity contribution in [2.24, 2.45) is 5.41 Å². The summed E-state index contributed by atoms with van der Waals surface area (Å²) in [7, 11) is 0. The number of amides is 2. The molecule has 1 rings (SSSR count). The van der Waals surface area contributed by atoms with Gasteiger partial charge >= 0.3 is 0 Å². The number of carbonyl (C=O) groups excluding carboxylic acids is 2. The molecule has 0 aromatic heterocycles. The lowest BCUT2D eigenvalue weighted by atomic mass is 9.80. The van der Waals surface area contributed by atoms with E-state index in [1.807, 2.05) is 13.8 Å². The van der Waals surface area contributed by atoms with E-state index in [4.69, 9.17) is 6.42 Å². The fourth-order valence-electron chi connectivity index (χ4n) is 1.87. The first-order chi connectivity index (χ1) is 6.69. The van der Waals surface area contributed by atoms with Crippen LogP contribution in [0.5, 0.6) is 0 Å². The van der Waals surface area contributed by atoms with Crippen LogP contribution >= 0.6 is 0 Å². The number of carbonyl (C=O) groups is 2. The van der Waals surface area contributed by atoms with Crippen LogP contribution < -0.4 is 0 Å². The highest BCUT2D eigenvalue weighted by atomic mass is 16.2. The van der Waals surface area contributed by atoms with E-state index in [0.717, 1.165) is 0 Å². The van der Waals surface area contributed by atoms with Gasteiger partial charge in [0.05, 0.1) is 0 Å². The van der Waals surface area contributed by atoms with E-state index in [-0.39, 0.29) is 17.2 Å². The van der Waals surface area contributed by atoms with Crippen LogP contribution in [0.15, 0.2) is 0 Å². The zero-order chi connectivity index (χ0) is 11.9. The molecule has 0 spiro atoms. The molecular formula is C12H17NO2. The first kappa shape index (κ1) is 11.8. The molecule has 1 aliphatic heterocycles. The van der Waals surface area contributed by atoms with Crippen LogP contribution in [-0.4, -0.2) is 22.3 Å². The van der Waals surface area contributed by atoms with Crippen molar-refractivity contribution in [3.8, 4) is 12.3 Å². The largest absolute Gasteiger partial charge is 0.274 e. The second-order valence-corrected chi connectivity index (χ2v) is 5.34. The number of nitrogens with zero attached hydrogens (tertiary/aromatic N) is 1. The standard InChI is InChI=1S/C12H17NO2/c1-6-12(4,5)13-9(14)7-11(2,3)8-10(13)15/h1H,7-8H2,2-5H3. The second kappa shape index (κ2) is 3.37. The minimum Gasteiger partial charge on any atom is -0.274 e. The van der Waals surface area contributed by atoms with Crippen LogP contribution in [0.3, 0.4) is 0 Å². The zero-order valence-electron chi connectivity index (χ0n) is 9.76. The fraction of sp³-hybridized carbons (Fsp3) is 0.667. The summed E-state index contributed by atoms with van der Waals surface area (Å²) in [5, 5.41) is 0. The second-order valence-electron chi connectivity index (χ2n) is 5.34. The summed E-state index contributed by atoms with van der Waals surface area (Å²) in [6, 6.07) is 0. The van der Waals surface area contributed by atoms with Crippen molar-refractivity contribution in [1.82, 2.24) is 4.90 Å². The Balaban J connectivity index is 3.01. The molecule has 1 aliphatic rings. The molecule has 3 heteroatoms. The van der Waals surface area contributed by atoms with E-state index in [1.165, 1.54) is 4.90 Å². The molecular weight excluding hydrogens is 190 g/mol. The van der Waals surface area contributed by atoms with Crippen LogP contribution in [0.1, 0.15) is 40.5 Å². The molecule has 82 valence electrons. The molecule has 1 heterocycles. The van der Waals surface area contributed by atoms with Crippen molar-refractivity contribution >= 4 is 11.8 Å². The number of piperidine rings is 1. The topological polar surface area (TPSA) is 37.4 Å². The van der Waals surface area contributed by atoms with Gasteiger partial charge in [-0.1, -0.05) is 19.8 Å². The molecule has 15 heavy (non-hydrogen) atoms. The highest BCUT2D eigenvalue weighted by molar-refractivity contribution is 5.99. The smallest absolute Gasteiger partial charge is 0.230 e. The van der Waals surface area contributed by atoms with E-state index >= 15 is 0 Å². The van der Waals surface area contributed by atoms with E-state index in [0.29, 0.717) is 12.8 Å². The molecule has 1 fully saturated rings. The van der Waals surface area contributed by atoms with Gasteiger partial charge in [0.25, 0.3) is 0 Å². The lowest BCUT2D eigenvalue weighted by Gasteiger charge is -2.40. The van der Waals surface area contributed by atoms with E-state index in [9.17, 15) is 9.59 Å². The van der Waals surface area contributed by atoms with Crippen molar-refractivity contribution in [2.75, 3.05) is 0 Å². The van der Waals surface area contributed by atoms with Gasteiger partial charge in [0.15, 0.2) is 0 Å². The van der Waals surface area contributed by atoms with Crippen molar-refractivity contribution in [3.05, 3.63) is 0 Å². The number of imide groups is 1. The van der Waals surface area contributed by atoms with Crippen molar-refractivity contribution in [2.45, 2.75) is 46.1 Å². The summed E-state index contributed by atoms with van der Waals surface area (Å²) in [5.41, 5.74) is -1.06. The van der Waals surface area contributed by atoms with Crippen LogP contribution in [0.2, 0.25) is 0 Å². The van der Waals surface area contributed by atoms with Gasteiger partial charge in [-0.2, -0.15) is 0 Å². The maximum absolute atomic E-state index is 11.8. The Hall–Kier alpha value is -1.30. The van der Waals surface area contributed by atoms with Gasteiger partial charge in [0.2, 0.25) is 11.8 Å². The van der Waals surface area contributed by atoms with Gasteiger partial charge in [-0.25, -0.2) is 0 Å². The number of rotatable bonds is 1. The lowest BCUT2D eigenvalue weighted by molar-refractivity contribution is -0.156. The first-order valence-electron chi connectivity index (χ1n) is 5.03. The molecule has 0 unspecified atom stereocenters. The summed E-state index contributed by atoms with van der Waals surface area (Å²) in [4.78, 5) is 24.9. The summed E-state index contributed by atoms with van der Waals surface area (Å²) in [6.07, 6.45) is 6.09. The monoisotopic (exact) mass is 207 g/mol. The molecule has 0 saturated carbocycles. The fourth-order valence-corrected chi connectivity index (χ4v) is 1.87. The summed E-state index contributed by atoms with van der Waals surface area (Å²) < 4.78 is 0. The van der Waals surface area contributed by atoms with Crippen molar-refractivity contribution < 1.29 is 9.59 Å². The Labute approximate surface area is 90.8 Å². The minimum absolute atomic E-state index is 0.167. The quantitative estimate of drug-likeness (QED) is 0.483. The van der Waals surface area contributed by atoms with Crippen LogP contribution in [-0.2, 0) is 9.59 Å². The Morgan fingerprint density at radius 2 is 1.67 bits per heavy atom. The third-order valence-electron chi connectivity index (χ3n) is 2.67. The molecule has 0 aliphatic carbocycles. The number of hydrogen-bond acceptors (Lipinski definition) is 2. The SMILES string of the molecule is C#CC(C)(C)N1C(=O)CC(C)(C)CC1=O. The lowest BCUT2D eigenvalue weighted by Crippen LogP contribution is -2.55. The highest BCUT2D eigenvalue weighted by Crippen LogP contribution is 2.34. The third kappa shape index (κ3) is 2.20. The van der Waals surface area contributed by atoms with Gasteiger partial charge in [-0.05, 0) is 19.3 Å². The molecule has 3 nitrogen and oxygen atoms in total. The summed E-state index contributed by atoms with van der Waals surface area (Å²) in [5.74, 6) is 2.15. The maximum atomic E-state index is 11.8. The Bertz CT molecular complexity index is 327. The molecule has 0 aromatic carbocycles. The molecule has 2 amide bonds. The van der Waals surface area contributed by atoms with Gasteiger partial charge in [-0.15, -0.1) is 6.42 Å². The Morgan fingerprint density at radius 3 is 2.00 bits per heavy atom. The van der Waals surface area contributed by atoms with Gasteiger partial charge < -0.3 is 0 Å². The average molecular weight is 207 g/mol. The molecule has 1 saturated heterocycles. The maximum Gasteiger partial charge on any atom is 0.230 e. The van der Waals surface area contributed by atoms with Gasteiger partial charge in [-0.3, -0.25) is 14.5 Å². The minimum atomic E-state index is -0.815. The summed E-state index contributed by atoms with van der Waals surface area (Å²) in [6.45, 7) is 7.26. The molecule has 0 N–H and O–H groups in total. The number of terminal acetylenes is 1. The first-order valence-corrected chi connectivity index (χ1v) is 5.03.